The number of hydrogen-bond donors (Lipinski definition) is 0. The van der Waals surface area contributed by atoms with Gasteiger partial charge in [-0.25, -0.2) is 0 Å². The van der Waals surface area contributed by atoms with Crippen LogP contribution < -0.4 is 0 Å². The van der Waals surface area contributed by atoms with E-state index in [4.69, 9.17) is 0 Å². The van der Waals surface area contributed by atoms with Crippen molar-refractivity contribution in [1.29, 1.82) is 0 Å². The Balaban J connectivity index is 2.98. The molecule has 0 N–H and O–H groups in total. The number of nitrogens with zero attached hydrogens (tertiary/aromatic N) is 1. The van der Waals surface area contributed by atoms with Crippen molar-refractivity contribution in [2.24, 2.45) is 5.92 Å². The molecule has 0 atom stereocenters. The Morgan fingerprint density at radius 1 is 1.54 bits per heavy atom. The van der Waals surface area contributed by atoms with Crippen molar-refractivity contribution in [3.8, 4) is 0 Å². The Kier molecular flexibility index (Phi) is 3.18. The molecule has 1 rings (SSSR count). The Labute approximate surface area is 79.0 Å². The first kappa shape index (κ1) is 9.90. The van der Waals surface area contributed by atoms with Crippen LogP contribution in [0.3, 0.4) is 0 Å². The molecule has 0 spiro atoms. The van der Waals surface area contributed by atoms with E-state index in [0.29, 0.717) is 5.92 Å². The van der Waals surface area contributed by atoms with E-state index in [1.165, 1.54) is 0 Å². The van der Waals surface area contributed by atoms with Gasteiger partial charge in [0.1, 0.15) is 0 Å². The van der Waals surface area contributed by atoms with Crippen LogP contribution in [0.1, 0.15) is 36.7 Å². The summed E-state index contributed by atoms with van der Waals surface area (Å²) >= 11 is 0. The molecular weight excluding hydrogens is 162 g/mol. The first-order valence-electron chi connectivity index (χ1n) is 4.55. The largest absolute Gasteiger partial charge is 0.294 e. The lowest BCUT2D eigenvalue weighted by Gasteiger charge is -2.07. The number of rotatable bonds is 3. The summed E-state index contributed by atoms with van der Waals surface area (Å²) < 4.78 is 0. The van der Waals surface area contributed by atoms with Crippen LogP contribution in [0.25, 0.3) is 0 Å². The molecule has 0 bridgehead atoms. The molecule has 0 saturated carbocycles. The standard InChI is InChI=1S/C11H15NO/c1-8(2)6-10-7-12-5-4-11(10)9(3)13/h4-5,7-8H,6H2,1-3H3. The molecule has 0 aromatic carbocycles. The second-order valence-corrected chi connectivity index (χ2v) is 3.69. The van der Waals surface area contributed by atoms with Crippen LogP contribution in [0, 0.1) is 5.92 Å². The lowest BCUT2D eigenvalue weighted by Crippen LogP contribution is -2.03. The third-order valence-corrected chi connectivity index (χ3v) is 1.91. The number of aromatic nitrogens is 1. The molecule has 0 saturated heterocycles. The summed E-state index contributed by atoms with van der Waals surface area (Å²) in [6.07, 6.45) is 4.38. The minimum atomic E-state index is 0.123. The van der Waals surface area contributed by atoms with Crippen molar-refractivity contribution < 1.29 is 4.79 Å². The van der Waals surface area contributed by atoms with Gasteiger partial charge in [0.05, 0.1) is 0 Å². The van der Waals surface area contributed by atoms with Crippen molar-refractivity contribution in [2.75, 3.05) is 0 Å². The molecule has 1 aromatic heterocycles. The maximum Gasteiger partial charge on any atom is 0.160 e. The zero-order valence-electron chi connectivity index (χ0n) is 8.37. The molecule has 1 heterocycles. The number of pyridine rings is 1. The minimum absolute atomic E-state index is 0.123. The summed E-state index contributed by atoms with van der Waals surface area (Å²) in [6, 6.07) is 1.79. The summed E-state index contributed by atoms with van der Waals surface area (Å²) in [5.41, 5.74) is 1.87. The van der Waals surface area contributed by atoms with Gasteiger partial charge < -0.3 is 0 Å². The van der Waals surface area contributed by atoms with Gasteiger partial charge in [-0.05, 0) is 30.9 Å². The van der Waals surface area contributed by atoms with E-state index in [9.17, 15) is 4.79 Å². The smallest absolute Gasteiger partial charge is 0.160 e. The van der Waals surface area contributed by atoms with Crippen LogP contribution >= 0.6 is 0 Å². The van der Waals surface area contributed by atoms with Crippen LogP contribution in [0.2, 0.25) is 0 Å². The highest BCUT2D eigenvalue weighted by atomic mass is 16.1. The highest BCUT2D eigenvalue weighted by Crippen LogP contribution is 2.12. The summed E-state index contributed by atoms with van der Waals surface area (Å²) in [6.45, 7) is 5.87. The zero-order chi connectivity index (χ0) is 9.84. The molecule has 2 nitrogen and oxygen atoms in total. The van der Waals surface area contributed by atoms with E-state index >= 15 is 0 Å². The van der Waals surface area contributed by atoms with Crippen molar-refractivity contribution in [3.05, 3.63) is 29.6 Å². The molecule has 2 heteroatoms. The monoisotopic (exact) mass is 177 g/mol. The summed E-state index contributed by atoms with van der Waals surface area (Å²) in [4.78, 5) is 15.2. The van der Waals surface area contributed by atoms with Gasteiger partial charge in [0, 0.05) is 18.0 Å². The van der Waals surface area contributed by atoms with Crippen molar-refractivity contribution in [1.82, 2.24) is 4.98 Å². The van der Waals surface area contributed by atoms with Gasteiger partial charge in [-0.2, -0.15) is 0 Å². The number of Topliss-reactive ketones (excluding diaryl/α,β-unsaturated/α-hetero) is 1. The second-order valence-electron chi connectivity index (χ2n) is 3.69. The number of hydrogen-bond acceptors (Lipinski definition) is 2. The van der Waals surface area contributed by atoms with E-state index in [2.05, 4.69) is 18.8 Å². The second kappa shape index (κ2) is 4.17. The van der Waals surface area contributed by atoms with Crippen LogP contribution in [0.5, 0.6) is 0 Å². The normalized spacial score (nSPS) is 10.5. The van der Waals surface area contributed by atoms with Gasteiger partial charge in [-0.3, -0.25) is 9.78 Å². The third-order valence-electron chi connectivity index (χ3n) is 1.91. The highest BCUT2D eigenvalue weighted by molar-refractivity contribution is 5.95. The third kappa shape index (κ3) is 2.65. The molecule has 13 heavy (non-hydrogen) atoms. The number of ketones is 1. The summed E-state index contributed by atoms with van der Waals surface area (Å²) in [5, 5.41) is 0. The van der Waals surface area contributed by atoms with Gasteiger partial charge in [-0.15, -0.1) is 0 Å². The molecule has 0 unspecified atom stereocenters. The highest BCUT2D eigenvalue weighted by Gasteiger charge is 2.07. The fraction of sp³-hybridized carbons (Fsp3) is 0.455. The van der Waals surface area contributed by atoms with Crippen molar-refractivity contribution >= 4 is 5.78 Å². The molecule has 0 radical (unpaired) electrons. The maximum absolute atomic E-state index is 11.2. The molecule has 0 aliphatic rings. The summed E-state index contributed by atoms with van der Waals surface area (Å²) in [7, 11) is 0. The predicted octanol–water partition coefficient (Wildman–Crippen LogP) is 2.48. The molecule has 0 fully saturated rings. The Morgan fingerprint density at radius 3 is 2.77 bits per heavy atom. The summed E-state index contributed by atoms with van der Waals surface area (Å²) in [5.74, 6) is 0.681. The van der Waals surface area contributed by atoms with Crippen LogP contribution in [-0.4, -0.2) is 10.8 Å². The topological polar surface area (TPSA) is 30.0 Å². The molecule has 0 amide bonds. The molecule has 0 aliphatic heterocycles. The molecule has 0 aliphatic carbocycles. The SMILES string of the molecule is CC(=O)c1ccncc1CC(C)C. The van der Waals surface area contributed by atoms with E-state index in [0.717, 1.165) is 17.5 Å². The first-order chi connectivity index (χ1) is 6.11. The zero-order valence-corrected chi connectivity index (χ0v) is 8.37. The van der Waals surface area contributed by atoms with Crippen LogP contribution in [0.4, 0.5) is 0 Å². The first-order valence-corrected chi connectivity index (χ1v) is 4.55. The quantitative estimate of drug-likeness (QED) is 0.664. The Bertz CT molecular complexity index is 305. The Morgan fingerprint density at radius 2 is 2.23 bits per heavy atom. The minimum Gasteiger partial charge on any atom is -0.294 e. The van der Waals surface area contributed by atoms with Crippen molar-refractivity contribution in [2.45, 2.75) is 27.2 Å². The molecule has 1 aromatic rings. The number of carbonyl (C=O) groups is 1. The lowest BCUT2D eigenvalue weighted by atomic mass is 9.98. The maximum atomic E-state index is 11.2. The van der Waals surface area contributed by atoms with E-state index in [-0.39, 0.29) is 5.78 Å². The average molecular weight is 177 g/mol. The lowest BCUT2D eigenvalue weighted by molar-refractivity contribution is 0.101. The van der Waals surface area contributed by atoms with Gasteiger partial charge in [0.2, 0.25) is 0 Å². The van der Waals surface area contributed by atoms with Crippen LogP contribution in [0.15, 0.2) is 18.5 Å². The van der Waals surface area contributed by atoms with Gasteiger partial charge in [0.15, 0.2) is 5.78 Å². The van der Waals surface area contributed by atoms with E-state index < -0.39 is 0 Å². The van der Waals surface area contributed by atoms with Gasteiger partial charge in [-0.1, -0.05) is 13.8 Å². The fourth-order valence-corrected chi connectivity index (χ4v) is 1.37. The average Bonchev–Trinajstić information content (AvgIpc) is 2.03. The fourth-order valence-electron chi connectivity index (χ4n) is 1.37. The van der Waals surface area contributed by atoms with E-state index in [1.807, 2.05) is 0 Å². The predicted molar refractivity (Wildman–Crippen MR) is 52.8 cm³/mol. The Hall–Kier alpha value is -1.18. The van der Waals surface area contributed by atoms with Gasteiger partial charge in [0.25, 0.3) is 0 Å². The number of carbonyl (C=O) groups excluding carboxylic acids is 1. The van der Waals surface area contributed by atoms with Crippen LogP contribution in [-0.2, 0) is 6.42 Å². The van der Waals surface area contributed by atoms with Gasteiger partial charge >= 0.3 is 0 Å². The molecular formula is C11H15NO. The van der Waals surface area contributed by atoms with E-state index in [1.54, 1.807) is 25.4 Å². The molecule has 70 valence electrons. The van der Waals surface area contributed by atoms with Crippen molar-refractivity contribution in [3.63, 3.8) is 0 Å².